The Bertz CT molecular complexity index is 773. The van der Waals surface area contributed by atoms with Crippen molar-refractivity contribution >= 4 is 11.8 Å². The van der Waals surface area contributed by atoms with Gasteiger partial charge in [0.1, 0.15) is 5.84 Å². The number of piperidine rings is 1. The third-order valence-electron chi connectivity index (χ3n) is 6.54. The summed E-state index contributed by atoms with van der Waals surface area (Å²) in [5, 5.41) is 28.3. The van der Waals surface area contributed by atoms with Gasteiger partial charge in [0.15, 0.2) is 0 Å². The van der Waals surface area contributed by atoms with Crippen molar-refractivity contribution < 1.29 is 24.6 Å². The average molecular weight is 433 g/mol. The number of ether oxygens (including phenoxy) is 1. The van der Waals surface area contributed by atoms with Gasteiger partial charge < -0.3 is 19.8 Å². The molecule has 4 N–H and O–H groups in total. The molecule has 9 nitrogen and oxygen atoms in total. The van der Waals surface area contributed by atoms with E-state index in [4.69, 9.17) is 20.1 Å². The monoisotopic (exact) mass is 432 g/mol. The molecule has 3 aliphatic heterocycles. The molecule has 3 aliphatic rings. The van der Waals surface area contributed by atoms with E-state index in [0.717, 1.165) is 30.6 Å². The van der Waals surface area contributed by atoms with Crippen LogP contribution in [0.2, 0.25) is 0 Å². The van der Waals surface area contributed by atoms with E-state index in [2.05, 4.69) is 5.48 Å². The predicted octanol–water partition coefficient (Wildman–Crippen LogP) is 0.980. The maximum atomic E-state index is 10.9. The van der Waals surface area contributed by atoms with Gasteiger partial charge in [0.2, 0.25) is 0 Å². The number of likely N-dealkylation sites (tertiary alicyclic amines) is 1. The summed E-state index contributed by atoms with van der Waals surface area (Å²) in [5.74, 6) is -0.303. The van der Waals surface area contributed by atoms with Gasteiger partial charge in [-0.2, -0.15) is 5.48 Å². The second-order valence-electron chi connectivity index (χ2n) is 8.81. The number of aliphatic hydroxyl groups is 1. The molecule has 0 aliphatic carbocycles. The maximum Gasteiger partial charge on any atom is 0.317 e. The first-order chi connectivity index (χ1) is 14.9. The van der Waals surface area contributed by atoms with Crippen molar-refractivity contribution in [1.29, 1.82) is 5.41 Å². The van der Waals surface area contributed by atoms with E-state index in [1.165, 1.54) is 0 Å². The molecule has 3 fully saturated rings. The molecule has 0 amide bonds. The summed E-state index contributed by atoms with van der Waals surface area (Å²) in [6.07, 6.45) is 2.33. The van der Waals surface area contributed by atoms with Crippen LogP contribution in [0.4, 0.5) is 0 Å². The fourth-order valence-corrected chi connectivity index (χ4v) is 4.66. The molecule has 4 rings (SSSR count). The standard InChI is InChI=1S/C22H32N4O5/c23-21(26-9-11-30-12-10-26)17-3-1-16(2-4-17)19-13-18(31-24-19)14-22(29)5-7-25(8-6-22)15-20(27)28/h1-4,18-19,23-24,29H,5-15H2,(H,27,28). The second kappa shape index (κ2) is 9.62. The Morgan fingerprint density at radius 1 is 1.16 bits per heavy atom. The van der Waals surface area contributed by atoms with Gasteiger partial charge in [-0.1, -0.05) is 24.3 Å². The van der Waals surface area contributed by atoms with E-state index in [1.54, 1.807) is 0 Å². The highest BCUT2D eigenvalue weighted by Crippen LogP contribution is 2.34. The summed E-state index contributed by atoms with van der Waals surface area (Å²) in [6.45, 7) is 4.02. The minimum Gasteiger partial charge on any atom is -0.480 e. The first-order valence-electron chi connectivity index (χ1n) is 11.0. The SMILES string of the molecule is N=C(c1ccc(C2CC(CC3(O)CCN(CC(=O)O)CC3)ON2)cc1)N1CCOCC1. The average Bonchev–Trinajstić information content (AvgIpc) is 3.23. The highest BCUT2D eigenvalue weighted by molar-refractivity contribution is 5.96. The van der Waals surface area contributed by atoms with Crippen LogP contribution in [0.5, 0.6) is 0 Å². The molecule has 0 radical (unpaired) electrons. The Morgan fingerprint density at radius 2 is 1.84 bits per heavy atom. The van der Waals surface area contributed by atoms with Crippen molar-refractivity contribution in [2.45, 2.75) is 43.4 Å². The highest BCUT2D eigenvalue weighted by Gasteiger charge is 2.38. The Labute approximate surface area is 182 Å². The minimum absolute atomic E-state index is 0.0264. The number of carboxylic acid groups (broad SMARTS) is 1. The number of benzene rings is 1. The molecule has 0 bridgehead atoms. The summed E-state index contributed by atoms with van der Waals surface area (Å²) in [4.78, 5) is 20.5. The lowest BCUT2D eigenvalue weighted by Crippen LogP contribution is -2.47. The Hall–Kier alpha value is -2.04. The van der Waals surface area contributed by atoms with E-state index >= 15 is 0 Å². The van der Waals surface area contributed by atoms with E-state index in [9.17, 15) is 9.90 Å². The topological polar surface area (TPSA) is 118 Å². The van der Waals surface area contributed by atoms with Crippen molar-refractivity contribution in [3.05, 3.63) is 35.4 Å². The molecular weight excluding hydrogens is 400 g/mol. The van der Waals surface area contributed by atoms with Crippen LogP contribution in [-0.2, 0) is 14.4 Å². The van der Waals surface area contributed by atoms with Gasteiger partial charge in [0, 0.05) is 38.2 Å². The molecule has 2 unspecified atom stereocenters. The lowest BCUT2D eigenvalue weighted by Gasteiger charge is -2.38. The first-order valence-corrected chi connectivity index (χ1v) is 11.0. The molecule has 1 aromatic rings. The van der Waals surface area contributed by atoms with Gasteiger partial charge in [-0.25, -0.2) is 0 Å². The third kappa shape index (κ3) is 5.61. The van der Waals surface area contributed by atoms with E-state index in [-0.39, 0.29) is 18.7 Å². The summed E-state index contributed by atoms with van der Waals surface area (Å²) < 4.78 is 5.36. The number of hydrogen-bond acceptors (Lipinski definition) is 7. The Morgan fingerprint density at radius 3 is 2.48 bits per heavy atom. The van der Waals surface area contributed by atoms with Crippen molar-refractivity contribution in [1.82, 2.24) is 15.3 Å². The van der Waals surface area contributed by atoms with E-state index in [1.807, 2.05) is 34.1 Å². The van der Waals surface area contributed by atoms with Gasteiger partial charge >= 0.3 is 5.97 Å². The zero-order valence-corrected chi connectivity index (χ0v) is 17.8. The van der Waals surface area contributed by atoms with Gasteiger partial charge in [-0.3, -0.25) is 19.9 Å². The number of morpholine rings is 1. The summed E-state index contributed by atoms with van der Waals surface area (Å²) >= 11 is 0. The fourth-order valence-electron chi connectivity index (χ4n) is 4.66. The highest BCUT2D eigenvalue weighted by atomic mass is 16.7. The van der Waals surface area contributed by atoms with Crippen LogP contribution < -0.4 is 5.48 Å². The van der Waals surface area contributed by atoms with Gasteiger partial charge in [-0.15, -0.1) is 0 Å². The molecule has 3 heterocycles. The lowest BCUT2D eigenvalue weighted by molar-refractivity contribution is -0.140. The minimum atomic E-state index is -0.831. The van der Waals surface area contributed by atoms with Crippen molar-refractivity contribution in [3.8, 4) is 0 Å². The molecule has 170 valence electrons. The van der Waals surface area contributed by atoms with Crippen LogP contribution >= 0.6 is 0 Å². The molecule has 0 saturated carbocycles. The molecule has 0 spiro atoms. The molecule has 9 heteroatoms. The molecule has 31 heavy (non-hydrogen) atoms. The van der Waals surface area contributed by atoms with Crippen LogP contribution in [0.25, 0.3) is 0 Å². The second-order valence-corrected chi connectivity index (χ2v) is 8.81. The number of nitrogens with one attached hydrogen (secondary N) is 2. The number of hydroxylamine groups is 1. The number of rotatable bonds is 6. The van der Waals surface area contributed by atoms with Crippen LogP contribution in [0.15, 0.2) is 24.3 Å². The number of aliphatic carboxylic acids is 1. The summed E-state index contributed by atoms with van der Waals surface area (Å²) in [7, 11) is 0. The van der Waals surface area contributed by atoms with E-state index < -0.39 is 11.6 Å². The van der Waals surface area contributed by atoms with Crippen LogP contribution in [0.3, 0.4) is 0 Å². The lowest BCUT2D eigenvalue weighted by atomic mass is 9.84. The third-order valence-corrected chi connectivity index (χ3v) is 6.54. The van der Waals surface area contributed by atoms with Crippen molar-refractivity contribution in [2.75, 3.05) is 45.9 Å². The number of amidine groups is 1. The maximum absolute atomic E-state index is 10.9. The van der Waals surface area contributed by atoms with Crippen molar-refractivity contribution in [3.63, 3.8) is 0 Å². The molecule has 0 aromatic heterocycles. The van der Waals surface area contributed by atoms with Gasteiger partial charge in [-0.05, 0) is 24.8 Å². The number of nitrogens with zero attached hydrogens (tertiary/aromatic N) is 2. The molecule has 1 aromatic carbocycles. The first kappa shape index (κ1) is 22.2. The van der Waals surface area contributed by atoms with Gasteiger partial charge in [0.25, 0.3) is 0 Å². The fraction of sp³-hybridized carbons (Fsp3) is 0.636. The van der Waals surface area contributed by atoms with Gasteiger partial charge in [0.05, 0.1) is 37.5 Å². The van der Waals surface area contributed by atoms with Crippen LogP contribution in [0.1, 0.15) is 42.9 Å². The Kier molecular flexibility index (Phi) is 6.88. The molecule has 2 atom stereocenters. The predicted molar refractivity (Wildman–Crippen MR) is 114 cm³/mol. The van der Waals surface area contributed by atoms with Crippen LogP contribution in [-0.4, -0.2) is 89.5 Å². The van der Waals surface area contributed by atoms with Crippen molar-refractivity contribution in [2.24, 2.45) is 0 Å². The summed E-state index contributed by atoms with van der Waals surface area (Å²) in [5.41, 5.74) is 4.28. The zero-order chi connectivity index (χ0) is 21.8. The smallest absolute Gasteiger partial charge is 0.317 e. The Balaban J connectivity index is 1.28. The normalized spacial score (nSPS) is 26.7. The molecule has 3 saturated heterocycles. The summed E-state index contributed by atoms with van der Waals surface area (Å²) in [6, 6.07) is 8.08. The van der Waals surface area contributed by atoms with Crippen LogP contribution in [0, 0.1) is 5.41 Å². The number of carboxylic acids is 1. The largest absolute Gasteiger partial charge is 0.480 e. The number of hydrogen-bond donors (Lipinski definition) is 4. The zero-order valence-electron chi connectivity index (χ0n) is 17.8. The molecular formula is C22H32N4O5. The van der Waals surface area contributed by atoms with E-state index in [0.29, 0.717) is 51.4 Å². The quantitative estimate of drug-likeness (QED) is 0.388. The number of carbonyl (C=O) groups is 1.